The molecular weight excluding hydrogens is 346 g/mol. The zero-order chi connectivity index (χ0) is 13.7. The van der Waals surface area contributed by atoms with Crippen LogP contribution in [0.25, 0.3) is 0 Å². The first-order valence-corrected chi connectivity index (χ1v) is 6.46. The predicted octanol–water partition coefficient (Wildman–Crippen LogP) is -1.20. The highest BCUT2D eigenvalue weighted by molar-refractivity contribution is 7.99. The number of aromatic nitrogens is 3. The smallest absolute Gasteiger partial charge is 0.183 e. The van der Waals surface area contributed by atoms with Gasteiger partial charge in [-0.2, -0.15) is 5.10 Å². The minimum absolute atomic E-state index is 0. The number of carbonyl (C=O) groups excluding carboxylic acids is 1. The van der Waals surface area contributed by atoms with E-state index in [0.717, 1.165) is 0 Å². The monoisotopic (exact) mass is 358 g/mol. The molecule has 0 atom stereocenters. The summed E-state index contributed by atoms with van der Waals surface area (Å²) in [6.45, 7) is 0. The summed E-state index contributed by atoms with van der Waals surface area (Å²) in [6.07, 6.45) is 1.41. The maximum atomic E-state index is 12.0. The van der Waals surface area contributed by atoms with Crippen LogP contribution in [-0.4, -0.2) is 40.9 Å². The summed E-state index contributed by atoms with van der Waals surface area (Å²) in [4.78, 5) is 16.0. The van der Waals surface area contributed by atoms with E-state index >= 15 is 0 Å². The van der Waals surface area contributed by atoms with Gasteiger partial charge in [0.25, 0.3) is 0 Å². The fourth-order valence-corrected chi connectivity index (χ4v) is 2.16. The van der Waals surface area contributed by atoms with E-state index in [-0.39, 0.29) is 28.5 Å². The van der Waals surface area contributed by atoms with Crippen LogP contribution >= 0.6 is 11.8 Å². The Hall–Kier alpha value is -1.54. The van der Waals surface area contributed by atoms with Crippen molar-refractivity contribution in [3.63, 3.8) is 0 Å². The number of hydrogen-bond acceptors (Lipinski definition) is 6. The van der Waals surface area contributed by atoms with Crippen LogP contribution in [0.4, 0.5) is 0 Å². The molecule has 2 aromatic rings. The lowest BCUT2D eigenvalue weighted by molar-refractivity contribution is -0.0000122. The number of methoxy groups -OCH3 is 2. The molecule has 2 rings (SSSR count). The SMILES string of the molecule is COc1ccc(C(=O)CSc2ncn[nH]2)cc1OC.[Br-]. The van der Waals surface area contributed by atoms with Crippen molar-refractivity contribution < 1.29 is 31.2 Å². The minimum Gasteiger partial charge on any atom is -1.00 e. The summed E-state index contributed by atoms with van der Waals surface area (Å²) in [5.41, 5.74) is 0.574. The van der Waals surface area contributed by atoms with Gasteiger partial charge in [0.2, 0.25) is 0 Å². The van der Waals surface area contributed by atoms with Crippen LogP contribution in [0, 0.1) is 0 Å². The number of thioether (sulfide) groups is 1. The highest BCUT2D eigenvalue weighted by Gasteiger charge is 2.11. The maximum absolute atomic E-state index is 12.0. The van der Waals surface area contributed by atoms with Gasteiger partial charge in [-0.3, -0.25) is 9.89 Å². The number of ether oxygens (including phenoxy) is 2. The summed E-state index contributed by atoms with van der Waals surface area (Å²) in [7, 11) is 3.09. The van der Waals surface area contributed by atoms with Gasteiger partial charge in [-0.25, -0.2) is 4.98 Å². The van der Waals surface area contributed by atoms with Crippen molar-refractivity contribution in [1.82, 2.24) is 15.2 Å². The van der Waals surface area contributed by atoms with Crippen molar-refractivity contribution >= 4 is 17.5 Å². The quantitative estimate of drug-likeness (QED) is 0.516. The summed E-state index contributed by atoms with van der Waals surface area (Å²) >= 11 is 1.30. The van der Waals surface area contributed by atoms with Gasteiger partial charge < -0.3 is 26.5 Å². The van der Waals surface area contributed by atoms with Crippen LogP contribution in [0.5, 0.6) is 11.5 Å². The maximum Gasteiger partial charge on any atom is 0.183 e. The van der Waals surface area contributed by atoms with Gasteiger partial charge in [0.15, 0.2) is 22.4 Å². The van der Waals surface area contributed by atoms with Crippen LogP contribution in [-0.2, 0) is 0 Å². The molecule has 0 bridgehead atoms. The Morgan fingerprint density at radius 2 is 2.05 bits per heavy atom. The number of H-pyrrole nitrogens is 1. The number of Topliss-reactive ketones (excluding diaryl/α,β-unsaturated/α-hetero) is 1. The summed E-state index contributed by atoms with van der Waals surface area (Å²) in [6, 6.07) is 5.10. The fraction of sp³-hybridized carbons (Fsp3) is 0.250. The molecule has 0 aliphatic heterocycles. The number of nitrogens with zero attached hydrogens (tertiary/aromatic N) is 2. The molecule has 0 aliphatic carbocycles. The Kier molecular flexibility index (Phi) is 6.53. The van der Waals surface area contributed by atoms with E-state index in [0.29, 0.717) is 22.2 Å². The molecule has 0 saturated heterocycles. The first-order valence-electron chi connectivity index (χ1n) is 5.48. The molecule has 0 amide bonds. The Labute approximate surface area is 131 Å². The van der Waals surface area contributed by atoms with Gasteiger partial charge >= 0.3 is 0 Å². The molecule has 8 heteroatoms. The standard InChI is InChI=1S/C12H13N3O3S.BrH/c1-17-10-4-3-8(5-11(10)18-2)9(16)6-19-12-13-7-14-15-12;/h3-5,7H,6H2,1-2H3,(H,13,14,15);1H/p-1. The number of ketones is 1. The van der Waals surface area contributed by atoms with Crippen molar-refractivity contribution in [3.05, 3.63) is 30.1 Å². The Morgan fingerprint density at radius 3 is 2.65 bits per heavy atom. The molecule has 0 saturated carbocycles. The zero-order valence-corrected chi connectivity index (χ0v) is 13.3. The lowest BCUT2D eigenvalue weighted by Crippen LogP contribution is -3.00. The first kappa shape index (κ1) is 16.5. The Balaban J connectivity index is 0.00000200. The van der Waals surface area contributed by atoms with Crippen molar-refractivity contribution in [2.24, 2.45) is 0 Å². The average molecular weight is 359 g/mol. The van der Waals surface area contributed by atoms with Crippen molar-refractivity contribution in [2.45, 2.75) is 5.16 Å². The van der Waals surface area contributed by atoms with Crippen molar-refractivity contribution in [2.75, 3.05) is 20.0 Å². The summed E-state index contributed by atoms with van der Waals surface area (Å²) < 4.78 is 10.3. The third-order valence-corrected chi connectivity index (χ3v) is 3.32. The minimum atomic E-state index is -0.0117. The van der Waals surface area contributed by atoms with Crippen LogP contribution in [0.3, 0.4) is 0 Å². The molecule has 1 N–H and O–H groups in total. The number of aromatic amines is 1. The topological polar surface area (TPSA) is 77.1 Å². The van der Waals surface area contributed by atoms with Gasteiger partial charge in [0.1, 0.15) is 6.33 Å². The summed E-state index contributed by atoms with van der Waals surface area (Å²) in [5.74, 6) is 1.41. The first-order chi connectivity index (χ1) is 9.24. The van der Waals surface area contributed by atoms with E-state index in [1.807, 2.05) is 0 Å². The van der Waals surface area contributed by atoms with E-state index in [1.165, 1.54) is 25.2 Å². The summed E-state index contributed by atoms with van der Waals surface area (Å²) in [5, 5.41) is 7.03. The number of carbonyl (C=O) groups is 1. The van der Waals surface area contributed by atoms with Crippen LogP contribution in [0.2, 0.25) is 0 Å². The lowest BCUT2D eigenvalue weighted by atomic mass is 10.1. The van der Waals surface area contributed by atoms with Crippen molar-refractivity contribution in [1.29, 1.82) is 0 Å². The molecule has 0 spiro atoms. The third-order valence-electron chi connectivity index (χ3n) is 2.44. The second-order valence-electron chi connectivity index (χ2n) is 3.57. The Bertz CT molecular complexity index is 563. The zero-order valence-electron chi connectivity index (χ0n) is 10.9. The highest BCUT2D eigenvalue weighted by Crippen LogP contribution is 2.28. The van der Waals surface area contributed by atoms with E-state index < -0.39 is 0 Å². The van der Waals surface area contributed by atoms with E-state index in [1.54, 1.807) is 25.3 Å². The lowest BCUT2D eigenvalue weighted by Gasteiger charge is -2.08. The number of hydrogen-bond donors (Lipinski definition) is 1. The number of rotatable bonds is 6. The van der Waals surface area contributed by atoms with Crippen LogP contribution < -0.4 is 26.5 Å². The Morgan fingerprint density at radius 1 is 1.30 bits per heavy atom. The van der Waals surface area contributed by atoms with Crippen LogP contribution in [0.15, 0.2) is 29.7 Å². The number of benzene rings is 1. The van der Waals surface area contributed by atoms with Gasteiger partial charge in [-0.05, 0) is 18.2 Å². The van der Waals surface area contributed by atoms with Gasteiger partial charge in [0, 0.05) is 5.56 Å². The van der Waals surface area contributed by atoms with Gasteiger partial charge in [-0.15, -0.1) is 0 Å². The molecule has 20 heavy (non-hydrogen) atoms. The van der Waals surface area contributed by atoms with Gasteiger partial charge in [0.05, 0.1) is 20.0 Å². The number of nitrogens with one attached hydrogen (secondary N) is 1. The molecule has 0 unspecified atom stereocenters. The molecule has 0 radical (unpaired) electrons. The molecule has 0 aliphatic rings. The number of halogens is 1. The fourth-order valence-electron chi connectivity index (χ4n) is 1.49. The van der Waals surface area contributed by atoms with E-state index in [4.69, 9.17) is 9.47 Å². The molecule has 1 aromatic carbocycles. The second-order valence-corrected chi connectivity index (χ2v) is 4.54. The molecule has 108 valence electrons. The second kappa shape index (κ2) is 7.91. The molecule has 6 nitrogen and oxygen atoms in total. The largest absolute Gasteiger partial charge is 1.00 e. The van der Waals surface area contributed by atoms with E-state index in [9.17, 15) is 4.79 Å². The highest BCUT2D eigenvalue weighted by atomic mass is 79.9. The molecule has 0 fully saturated rings. The van der Waals surface area contributed by atoms with Gasteiger partial charge in [-0.1, -0.05) is 11.8 Å². The third kappa shape index (κ3) is 3.97. The van der Waals surface area contributed by atoms with E-state index in [2.05, 4.69) is 15.2 Å². The van der Waals surface area contributed by atoms with Crippen LogP contribution in [0.1, 0.15) is 10.4 Å². The normalized spacial score (nSPS) is 9.70. The average Bonchev–Trinajstić information content (AvgIpc) is 2.97. The molecule has 1 aromatic heterocycles. The molecular formula is C12H13BrN3O3S-. The predicted molar refractivity (Wildman–Crippen MR) is 71.0 cm³/mol. The van der Waals surface area contributed by atoms with Crippen molar-refractivity contribution in [3.8, 4) is 11.5 Å². The molecule has 1 heterocycles.